The third-order valence-electron chi connectivity index (χ3n) is 4.45. The van der Waals surface area contributed by atoms with Gasteiger partial charge in [-0.3, -0.25) is 9.59 Å². The molecular formula is C21H24N2O3. The van der Waals surface area contributed by atoms with E-state index >= 15 is 0 Å². The van der Waals surface area contributed by atoms with Gasteiger partial charge < -0.3 is 15.0 Å². The van der Waals surface area contributed by atoms with Crippen LogP contribution in [0.3, 0.4) is 0 Å². The normalized spacial score (nSPS) is 15.7. The van der Waals surface area contributed by atoms with E-state index in [1.165, 1.54) is 6.92 Å². The highest BCUT2D eigenvalue weighted by Gasteiger charge is 2.38. The zero-order valence-electron chi connectivity index (χ0n) is 15.4. The van der Waals surface area contributed by atoms with Crippen molar-refractivity contribution in [2.45, 2.75) is 33.2 Å². The Hall–Kier alpha value is -2.82. The number of fused-ring (bicyclic) bond motifs is 1. The largest absolute Gasteiger partial charge is 0.494 e. The molecule has 1 atom stereocenters. The molecule has 0 fully saturated rings. The molecule has 1 N–H and O–H groups in total. The Balaban J connectivity index is 1.73. The van der Waals surface area contributed by atoms with Gasteiger partial charge in [0.2, 0.25) is 5.91 Å². The van der Waals surface area contributed by atoms with Gasteiger partial charge in [0.15, 0.2) is 0 Å². The number of hydrogen-bond donors (Lipinski definition) is 1. The van der Waals surface area contributed by atoms with E-state index in [0.717, 1.165) is 28.1 Å². The van der Waals surface area contributed by atoms with Crippen molar-refractivity contribution >= 4 is 17.5 Å². The molecule has 0 aliphatic carbocycles. The Bertz CT molecular complexity index is 818. The molecule has 1 aliphatic heterocycles. The van der Waals surface area contributed by atoms with E-state index < -0.39 is 6.04 Å². The Kier molecular flexibility index (Phi) is 5.26. The minimum atomic E-state index is -0.601. The lowest BCUT2D eigenvalue weighted by Crippen LogP contribution is -2.37. The average Bonchev–Trinajstić information content (AvgIpc) is 2.85. The Labute approximate surface area is 154 Å². The van der Waals surface area contributed by atoms with Crippen molar-refractivity contribution in [3.05, 3.63) is 59.2 Å². The lowest BCUT2D eigenvalue weighted by molar-refractivity contribution is -0.126. The van der Waals surface area contributed by atoms with Crippen LogP contribution in [-0.2, 0) is 9.59 Å². The number of carbonyl (C=O) groups is 2. The molecule has 2 aromatic carbocycles. The van der Waals surface area contributed by atoms with Crippen LogP contribution in [0.5, 0.6) is 5.75 Å². The molecule has 1 aliphatic rings. The third-order valence-corrected chi connectivity index (χ3v) is 4.45. The van der Waals surface area contributed by atoms with Crippen molar-refractivity contribution in [1.82, 2.24) is 5.32 Å². The Morgan fingerprint density at radius 3 is 2.62 bits per heavy atom. The van der Waals surface area contributed by atoms with Crippen LogP contribution in [0.25, 0.3) is 0 Å². The van der Waals surface area contributed by atoms with Gasteiger partial charge in [0.05, 0.1) is 12.3 Å². The zero-order valence-corrected chi connectivity index (χ0v) is 15.4. The second-order valence-electron chi connectivity index (χ2n) is 6.66. The first-order valence-corrected chi connectivity index (χ1v) is 8.85. The maximum Gasteiger partial charge on any atom is 0.254 e. The molecule has 0 spiro atoms. The molecule has 26 heavy (non-hydrogen) atoms. The van der Waals surface area contributed by atoms with Gasteiger partial charge in [0.1, 0.15) is 11.8 Å². The highest BCUT2D eigenvalue weighted by molar-refractivity contribution is 6.06. The number of anilines is 1. The van der Waals surface area contributed by atoms with Crippen LogP contribution in [0.4, 0.5) is 5.69 Å². The summed E-state index contributed by atoms with van der Waals surface area (Å²) in [5, 5.41) is 2.79. The molecule has 2 amide bonds. The number of para-hydroxylation sites is 1. The molecule has 0 saturated carbocycles. The summed E-state index contributed by atoms with van der Waals surface area (Å²) >= 11 is 0. The summed E-state index contributed by atoms with van der Waals surface area (Å²) in [6, 6.07) is 13.1. The summed E-state index contributed by atoms with van der Waals surface area (Å²) in [4.78, 5) is 26.2. The second kappa shape index (κ2) is 7.60. The molecule has 2 aromatic rings. The van der Waals surface area contributed by atoms with Crippen LogP contribution >= 0.6 is 0 Å². The highest BCUT2D eigenvalue weighted by atomic mass is 16.5. The summed E-state index contributed by atoms with van der Waals surface area (Å²) < 4.78 is 5.72. The molecule has 1 heterocycles. The van der Waals surface area contributed by atoms with E-state index in [4.69, 9.17) is 4.74 Å². The minimum absolute atomic E-state index is 0.0800. The van der Waals surface area contributed by atoms with E-state index in [-0.39, 0.29) is 11.8 Å². The predicted octanol–water partition coefficient (Wildman–Crippen LogP) is 3.30. The minimum Gasteiger partial charge on any atom is -0.494 e. The van der Waals surface area contributed by atoms with Crippen LogP contribution in [0, 0.1) is 13.8 Å². The fraction of sp³-hybridized carbons (Fsp3) is 0.333. The molecule has 136 valence electrons. The van der Waals surface area contributed by atoms with E-state index in [0.29, 0.717) is 19.6 Å². The number of ether oxygens (including phenoxy) is 1. The quantitative estimate of drug-likeness (QED) is 0.812. The first-order chi connectivity index (χ1) is 12.5. The summed E-state index contributed by atoms with van der Waals surface area (Å²) in [7, 11) is 0. The smallest absolute Gasteiger partial charge is 0.254 e. The number of aryl methyl sites for hydroxylation is 2. The van der Waals surface area contributed by atoms with Crippen molar-refractivity contribution in [1.29, 1.82) is 0 Å². The van der Waals surface area contributed by atoms with Gasteiger partial charge in [-0.15, -0.1) is 0 Å². The average molecular weight is 352 g/mol. The van der Waals surface area contributed by atoms with Gasteiger partial charge in [-0.05, 0) is 38.0 Å². The maximum atomic E-state index is 12.9. The van der Waals surface area contributed by atoms with Gasteiger partial charge in [0.25, 0.3) is 5.91 Å². The predicted molar refractivity (Wildman–Crippen MR) is 101 cm³/mol. The lowest BCUT2D eigenvalue weighted by atomic mass is 10.0. The van der Waals surface area contributed by atoms with Crippen LogP contribution in [0.15, 0.2) is 42.5 Å². The molecule has 0 saturated heterocycles. The van der Waals surface area contributed by atoms with E-state index in [2.05, 4.69) is 11.4 Å². The molecule has 0 bridgehead atoms. The molecule has 1 unspecified atom stereocenters. The van der Waals surface area contributed by atoms with Crippen LogP contribution in [0.2, 0.25) is 0 Å². The van der Waals surface area contributed by atoms with Crippen LogP contribution in [-0.4, -0.2) is 25.0 Å². The van der Waals surface area contributed by atoms with Crippen molar-refractivity contribution in [2.24, 2.45) is 0 Å². The third kappa shape index (κ3) is 3.72. The van der Waals surface area contributed by atoms with Gasteiger partial charge in [-0.1, -0.05) is 35.9 Å². The van der Waals surface area contributed by atoms with E-state index in [1.807, 2.05) is 50.2 Å². The fourth-order valence-corrected chi connectivity index (χ4v) is 3.47. The van der Waals surface area contributed by atoms with Gasteiger partial charge in [-0.25, -0.2) is 0 Å². The first kappa shape index (κ1) is 18.0. The summed E-state index contributed by atoms with van der Waals surface area (Å²) in [6.07, 6.45) is 0.709. The molecule has 0 aromatic heterocycles. The highest BCUT2D eigenvalue weighted by Crippen LogP contribution is 2.39. The standard InChI is InChI=1S/C21H24N2O3/c1-14-12-15(2)20-18(13-14)19(22-16(3)24)21(25)23(20)10-7-11-26-17-8-5-4-6-9-17/h4-6,8-9,12-13,19H,7,10-11H2,1-3H3,(H,22,24). The van der Waals surface area contributed by atoms with Crippen LogP contribution in [0.1, 0.15) is 36.1 Å². The lowest BCUT2D eigenvalue weighted by Gasteiger charge is -2.20. The van der Waals surface area contributed by atoms with Gasteiger partial charge >= 0.3 is 0 Å². The molecule has 0 radical (unpaired) electrons. The van der Waals surface area contributed by atoms with Gasteiger partial charge in [0, 0.05) is 19.0 Å². The summed E-state index contributed by atoms with van der Waals surface area (Å²) in [5.74, 6) is 0.537. The molecule has 5 nitrogen and oxygen atoms in total. The Morgan fingerprint density at radius 2 is 1.92 bits per heavy atom. The van der Waals surface area contributed by atoms with E-state index in [1.54, 1.807) is 4.90 Å². The summed E-state index contributed by atoms with van der Waals surface area (Å²) in [5.41, 5.74) is 3.93. The number of benzene rings is 2. The number of carbonyl (C=O) groups excluding carboxylic acids is 2. The molecule has 3 rings (SSSR count). The SMILES string of the molecule is CC(=O)NC1C(=O)N(CCCOc2ccccc2)c2c(C)cc(C)cc21. The van der Waals surface area contributed by atoms with Gasteiger partial charge in [-0.2, -0.15) is 0 Å². The van der Waals surface area contributed by atoms with E-state index in [9.17, 15) is 9.59 Å². The molecular weight excluding hydrogens is 328 g/mol. The number of rotatable bonds is 6. The number of nitrogens with zero attached hydrogens (tertiary/aromatic N) is 1. The number of hydrogen-bond acceptors (Lipinski definition) is 3. The zero-order chi connectivity index (χ0) is 18.7. The van der Waals surface area contributed by atoms with Crippen molar-refractivity contribution < 1.29 is 14.3 Å². The topological polar surface area (TPSA) is 58.6 Å². The summed E-state index contributed by atoms with van der Waals surface area (Å²) in [6.45, 7) is 6.52. The molecule has 5 heteroatoms. The second-order valence-corrected chi connectivity index (χ2v) is 6.66. The maximum absolute atomic E-state index is 12.9. The first-order valence-electron chi connectivity index (χ1n) is 8.85. The van der Waals surface area contributed by atoms with Crippen LogP contribution < -0.4 is 15.0 Å². The monoisotopic (exact) mass is 352 g/mol. The van der Waals surface area contributed by atoms with Crippen molar-refractivity contribution in [2.75, 3.05) is 18.1 Å². The van der Waals surface area contributed by atoms with Crippen molar-refractivity contribution in [3.8, 4) is 5.75 Å². The number of amides is 2. The number of nitrogens with one attached hydrogen (secondary N) is 1. The van der Waals surface area contributed by atoms with Crippen molar-refractivity contribution in [3.63, 3.8) is 0 Å². The Morgan fingerprint density at radius 1 is 1.19 bits per heavy atom. The fourth-order valence-electron chi connectivity index (χ4n) is 3.47.